The SMILES string of the molecule is CCS(=O)(=O)c1c(N2CCSCC2)sc(C(=O)NC)c1N. The fourth-order valence-corrected chi connectivity index (χ4v) is 5.83. The van der Waals surface area contributed by atoms with Gasteiger partial charge in [-0.05, 0) is 0 Å². The van der Waals surface area contributed by atoms with E-state index >= 15 is 0 Å². The van der Waals surface area contributed by atoms with Gasteiger partial charge in [-0.1, -0.05) is 6.92 Å². The number of hydrogen-bond acceptors (Lipinski definition) is 7. The molecule has 9 heteroatoms. The van der Waals surface area contributed by atoms with E-state index in [1.54, 1.807) is 6.92 Å². The number of carbonyl (C=O) groups is 1. The van der Waals surface area contributed by atoms with Gasteiger partial charge in [-0.15, -0.1) is 11.3 Å². The zero-order chi connectivity index (χ0) is 15.6. The summed E-state index contributed by atoms with van der Waals surface area (Å²) in [5, 5.41) is 3.11. The van der Waals surface area contributed by atoms with Crippen molar-refractivity contribution >= 4 is 49.5 Å². The maximum atomic E-state index is 12.4. The molecule has 0 atom stereocenters. The molecule has 0 spiro atoms. The number of nitrogens with zero attached hydrogens (tertiary/aromatic N) is 1. The minimum atomic E-state index is -3.47. The number of amides is 1. The topological polar surface area (TPSA) is 92.5 Å². The van der Waals surface area contributed by atoms with E-state index in [9.17, 15) is 13.2 Å². The number of nitrogens with two attached hydrogens (primary N) is 1. The highest BCUT2D eigenvalue weighted by atomic mass is 32.2. The summed E-state index contributed by atoms with van der Waals surface area (Å²) in [5.74, 6) is 1.51. The summed E-state index contributed by atoms with van der Waals surface area (Å²) < 4.78 is 24.7. The number of thiophene rings is 1. The zero-order valence-corrected chi connectivity index (χ0v) is 14.5. The van der Waals surface area contributed by atoms with Gasteiger partial charge in [0, 0.05) is 31.6 Å². The second-order valence-electron chi connectivity index (χ2n) is 4.56. The van der Waals surface area contributed by atoms with E-state index in [2.05, 4.69) is 5.32 Å². The van der Waals surface area contributed by atoms with Crippen LogP contribution in [0.3, 0.4) is 0 Å². The molecule has 6 nitrogen and oxygen atoms in total. The molecule has 1 aromatic heterocycles. The molecule has 2 heterocycles. The molecule has 1 aliphatic heterocycles. The Morgan fingerprint density at radius 3 is 2.52 bits per heavy atom. The lowest BCUT2D eigenvalue weighted by molar-refractivity contribution is 0.0968. The van der Waals surface area contributed by atoms with Crippen molar-refractivity contribution in [3.8, 4) is 0 Å². The van der Waals surface area contributed by atoms with Crippen LogP contribution in [0.4, 0.5) is 10.7 Å². The third-order valence-corrected chi connectivity index (χ3v) is 7.44. The smallest absolute Gasteiger partial charge is 0.263 e. The van der Waals surface area contributed by atoms with Crippen LogP contribution in [0, 0.1) is 0 Å². The molecule has 0 radical (unpaired) electrons. The van der Waals surface area contributed by atoms with Crippen LogP contribution in [0.5, 0.6) is 0 Å². The van der Waals surface area contributed by atoms with Crippen molar-refractivity contribution in [3.63, 3.8) is 0 Å². The van der Waals surface area contributed by atoms with Crippen LogP contribution in [0.2, 0.25) is 0 Å². The zero-order valence-electron chi connectivity index (χ0n) is 12.0. The van der Waals surface area contributed by atoms with Gasteiger partial charge in [0.2, 0.25) is 0 Å². The van der Waals surface area contributed by atoms with Gasteiger partial charge in [-0.2, -0.15) is 11.8 Å². The first-order chi connectivity index (χ1) is 9.92. The molecule has 1 amide bonds. The van der Waals surface area contributed by atoms with Gasteiger partial charge in [0.05, 0.1) is 11.4 Å². The van der Waals surface area contributed by atoms with Gasteiger partial charge < -0.3 is 16.0 Å². The fraction of sp³-hybridized carbons (Fsp3) is 0.583. The molecule has 0 bridgehead atoms. The highest BCUT2D eigenvalue weighted by Crippen LogP contribution is 2.42. The van der Waals surface area contributed by atoms with Crippen LogP contribution in [-0.2, 0) is 9.84 Å². The Balaban J connectivity index is 2.59. The molecule has 0 aromatic carbocycles. The molecule has 1 fully saturated rings. The lowest BCUT2D eigenvalue weighted by Crippen LogP contribution is -2.32. The highest BCUT2D eigenvalue weighted by Gasteiger charge is 2.31. The Labute approximate surface area is 133 Å². The maximum Gasteiger partial charge on any atom is 0.263 e. The van der Waals surface area contributed by atoms with E-state index in [1.807, 2.05) is 16.7 Å². The van der Waals surface area contributed by atoms with Gasteiger partial charge in [0.25, 0.3) is 5.91 Å². The average molecular weight is 350 g/mol. The lowest BCUT2D eigenvalue weighted by Gasteiger charge is -2.28. The largest absolute Gasteiger partial charge is 0.396 e. The number of nitrogens with one attached hydrogen (secondary N) is 1. The number of rotatable bonds is 4. The van der Waals surface area contributed by atoms with Crippen molar-refractivity contribution in [1.29, 1.82) is 0 Å². The number of sulfone groups is 1. The molecule has 1 aromatic rings. The van der Waals surface area contributed by atoms with Crippen molar-refractivity contribution < 1.29 is 13.2 Å². The third-order valence-electron chi connectivity index (χ3n) is 3.30. The highest BCUT2D eigenvalue weighted by molar-refractivity contribution is 7.99. The molecule has 0 aliphatic carbocycles. The van der Waals surface area contributed by atoms with Crippen molar-refractivity contribution in [2.24, 2.45) is 0 Å². The summed E-state index contributed by atoms with van der Waals surface area (Å²) in [7, 11) is -1.97. The van der Waals surface area contributed by atoms with Crippen molar-refractivity contribution in [3.05, 3.63) is 4.88 Å². The van der Waals surface area contributed by atoms with Gasteiger partial charge in [0.15, 0.2) is 9.84 Å². The molecular formula is C12H19N3O3S3. The molecule has 21 heavy (non-hydrogen) atoms. The van der Waals surface area contributed by atoms with Crippen LogP contribution < -0.4 is 16.0 Å². The van der Waals surface area contributed by atoms with Crippen LogP contribution in [0.25, 0.3) is 0 Å². The Morgan fingerprint density at radius 1 is 1.38 bits per heavy atom. The normalized spacial score (nSPS) is 16.0. The first kappa shape index (κ1) is 16.4. The maximum absolute atomic E-state index is 12.4. The molecule has 3 N–H and O–H groups in total. The second kappa shape index (κ2) is 6.45. The van der Waals surface area contributed by atoms with Crippen LogP contribution in [-0.4, -0.2) is 51.7 Å². The minimum absolute atomic E-state index is 0.0310. The van der Waals surface area contributed by atoms with Crippen molar-refractivity contribution in [2.45, 2.75) is 11.8 Å². The van der Waals surface area contributed by atoms with E-state index in [0.717, 1.165) is 24.6 Å². The Hall–Kier alpha value is -0.930. The fourth-order valence-electron chi connectivity index (χ4n) is 2.12. The first-order valence-corrected chi connectivity index (χ1v) is 10.2. The predicted molar refractivity (Wildman–Crippen MR) is 89.4 cm³/mol. The van der Waals surface area contributed by atoms with Crippen LogP contribution >= 0.6 is 23.1 Å². The first-order valence-electron chi connectivity index (χ1n) is 6.62. The minimum Gasteiger partial charge on any atom is -0.396 e. The molecule has 0 saturated carbocycles. The number of hydrogen-bond donors (Lipinski definition) is 2. The third kappa shape index (κ3) is 3.14. The van der Waals surface area contributed by atoms with Gasteiger partial charge in [-0.25, -0.2) is 8.42 Å². The van der Waals surface area contributed by atoms with E-state index in [1.165, 1.54) is 18.4 Å². The van der Waals surface area contributed by atoms with E-state index in [0.29, 0.717) is 5.00 Å². The van der Waals surface area contributed by atoms with E-state index in [-0.39, 0.29) is 27.1 Å². The second-order valence-corrected chi connectivity index (χ2v) is 9.00. The molecular weight excluding hydrogens is 330 g/mol. The molecule has 0 unspecified atom stereocenters. The standard InChI is InChI=1S/C12H19N3O3S3/c1-3-21(17,18)10-8(13)9(11(16)14-2)20-12(10)15-4-6-19-7-5-15/h3-7,13H2,1-2H3,(H,14,16). The van der Waals surface area contributed by atoms with Crippen LogP contribution in [0.1, 0.15) is 16.6 Å². The van der Waals surface area contributed by atoms with E-state index < -0.39 is 9.84 Å². The Kier molecular flexibility index (Phi) is 5.05. The number of nitrogen functional groups attached to an aromatic ring is 1. The molecule has 118 valence electrons. The summed E-state index contributed by atoms with van der Waals surface area (Å²) >= 11 is 3.01. The average Bonchev–Trinajstić information content (AvgIpc) is 2.85. The summed E-state index contributed by atoms with van der Waals surface area (Å²) in [5.41, 5.74) is 6.07. The number of thioether (sulfide) groups is 1. The quantitative estimate of drug-likeness (QED) is 0.844. The Bertz CT molecular complexity index is 634. The monoisotopic (exact) mass is 349 g/mol. The summed E-state index contributed by atoms with van der Waals surface area (Å²) in [6, 6.07) is 0. The van der Waals surface area contributed by atoms with E-state index in [4.69, 9.17) is 5.73 Å². The molecule has 1 saturated heterocycles. The van der Waals surface area contributed by atoms with Gasteiger partial charge in [0.1, 0.15) is 14.8 Å². The number of anilines is 2. The van der Waals surface area contributed by atoms with Gasteiger partial charge in [-0.3, -0.25) is 4.79 Å². The molecule has 1 aliphatic rings. The summed E-state index contributed by atoms with van der Waals surface area (Å²) in [4.78, 5) is 14.3. The van der Waals surface area contributed by atoms with Crippen LogP contribution in [0.15, 0.2) is 4.90 Å². The summed E-state index contributed by atoms with van der Waals surface area (Å²) in [6.45, 7) is 3.12. The lowest BCUT2D eigenvalue weighted by atomic mass is 10.3. The Morgan fingerprint density at radius 2 is 2.00 bits per heavy atom. The predicted octanol–water partition coefficient (Wildman–Crippen LogP) is 1.04. The van der Waals surface area contributed by atoms with Crippen molar-refractivity contribution in [2.75, 3.05) is 48.0 Å². The summed E-state index contributed by atoms with van der Waals surface area (Å²) in [6.07, 6.45) is 0. The van der Waals surface area contributed by atoms with Crippen molar-refractivity contribution in [1.82, 2.24) is 5.32 Å². The van der Waals surface area contributed by atoms with Gasteiger partial charge >= 0.3 is 0 Å². The molecule has 2 rings (SSSR count). The number of carbonyl (C=O) groups excluding carboxylic acids is 1.